The van der Waals surface area contributed by atoms with Crippen LogP contribution in [0.4, 0.5) is 15.9 Å². The molecule has 0 saturated carbocycles. The van der Waals surface area contributed by atoms with Crippen LogP contribution in [0.2, 0.25) is 0 Å². The van der Waals surface area contributed by atoms with Crippen LogP contribution in [-0.2, 0) is 11.8 Å². The van der Waals surface area contributed by atoms with Gasteiger partial charge in [-0.3, -0.25) is 19.1 Å². The fourth-order valence-electron chi connectivity index (χ4n) is 3.85. The van der Waals surface area contributed by atoms with E-state index in [1.165, 1.54) is 29.1 Å². The van der Waals surface area contributed by atoms with Crippen LogP contribution in [-0.4, -0.2) is 32.8 Å². The summed E-state index contributed by atoms with van der Waals surface area (Å²) in [6, 6.07) is 14.3. The van der Waals surface area contributed by atoms with Gasteiger partial charge >= 0.3 is 0 Å². The van der Waals surface area contributed by atoms with Crippen molar-refractivity contribution in [3.63, 3.8) is 0 Å². The van der Waals surface area contributed by atoms with Gasteiger partial charge in [0.2, 0.25) is 5.75 Å². The Hall–Kier alpha value is -4.93. The Morgan fingerprint density at radius 2 is 1.92 bits per heavy atom. The zero-order valence-corrected chi connectivity index (χ0v) is 19.2. The minimum atomic E-state index is -0.760. The number of hydrogen-bond donors (Lipinski definition) is 2. The van der Waals surface area contributed by atoms with Crippen molar-refractivity contribution in [1.82, 2.24) is 14.3 Å². The van der Waals surface area contributed by atoms with Crippen LogP contribution in [0, 0.1) is 12.7 Å². The number of benzene rings is 2. The van der Waals surface area contributed by atoms with E-state index in [9.17, 15) is 18.8 Å². The first-order valence-corrected chi connectivity index (χ1v) is 10.9. The minimum Gasteiger partial charge on any atom is -0.476 e. The van der Waals surface area contributed by atoms with Crippen LogP contribution >= 0.6 is 0 Å². The number of ether oxygens (including phenoxy) is 2. The monoisotopic (exact) mass is 489 g/mol. The SMILES string of the molecule is Cc1c(C(=O)Nc2ccc(Oc3ccnc4c3OCC(=O)N4)c(F)c2)c(=O)n(-c2ccccc2)n1C. The van der Waals surface area contributed by atoms with Crippen LogP contribution in [0.3, 0.4) is 0 Å². The molecule has 0 aliphatic carbocycles. The van der Waals surface area contributed by atoms with Gasteiger partial charge in [0, 0.05) is 31.1 Å². The van der Waals surface area contributed by atoms with Crippen LogP contribution < -0.4 is 25.7 Å². The molecular weight excluding hydrogens is 469 g/mol. The average molecular weight is 489 g/mol. The van der Waals surface area contributed by atoms with Gasteiger partial charge in [0.25, 0.3) is 17.4 Å². The highest BCUT2D eigenvalue weighted by Crippen LogP contribution is 2.39. The molecule has 182 valence electrons. The maximum absolute atomic E-state index is 14.9. The second kappa shape index (κ2) is 9.02. The molecule has 2 amide bonds. The molecule has 10 nitrogen and oxygen atoms in total. The third kappa shape index (κ3) is 4.06. The highest BCUT2D eigenvalue weighted by molar-refractivity contribution is 6.05. The van der Waals surface area contributed by atoms with Gasteiger partial charge in [0.15, 0.2) is 29.7 Å². The predicted molar refractivity (Wildman–Crippen MR) is 129 cm³/mol. The molecule has 0 spiro atoms. The van der Waals surface area contributed by atoms with Crippen molar-refractivity contribution in [1.29, 1.82) is 0 Å². The lowest BCUT2D eigenvalue weighted by atomic mass is 10.2. The van der Waals surface area contributed by atoms with Crippen molar-refractivity contribution in [2.24, 2.45) is 7.05 Å². The second-order valence-corrected chi connectivity index (χ2v) is 7.96. The number of carbonyl (C=O) groups is 2. The number of aromatic nitrogens is 3. The van der Waals surface area contributed by atoms with E-state index in [1.807, 2.05) is 6.07 Å². The number of amides is 2. The molecule has 0 saturated heterocycles. The topological polar surface area (TPSA) is 116 Å². The number of hydrogen-bond acceptors (Lipinski definition) is 6. The Labute approximate surface area is 203 Å². The van der Waals surface area contributed by atoms with Crippen molar-refractivity contribution in [3.05, 3.63) is 88.2 Å². The maximum Gasteiger partial charge on any atom is 0.284 e. The standard InChI is InChI=1S/C25H20FN5O5/c1-14-21(25(34)31(30(14)2)16-6-4-3-5-7-16)24(33)28-15-8-9-18(17(26)12-15)36-19-10-11-27-23-22(19)35-13-20(32)29-23/h3-12H,13H2,1-2H3,(H,28,33)(H,27,29,32). The zero-order chi connectivity index (χ0) is 25.4. The highest BCUT2D eigenvalue weighted by atomic mass is 19.1. The Morgan fingerprint density at radius 3 is 2.67 bits per heavy atom. The molecule has 0 fully saturated rings. The number of rotatable bonds is 5. The lowest BCUT2D eigenvalue weighted by Crippen LogP contribution is -2.26. The summed E-state index contributed by atoms with van der Waals surface area (Å²) >= 11 is 0. The van der Waals surface area contributed by atoms with Crippen molar-refractivity contribution >= 4 is 23.3 Å². The van der Waals surface area contributed by atoms with E-state index in [2.05, 4.69) is 15.6 Å². The number of halogens is 1. The van der Waals surface area contributed by atoms with Crippen molar-refractivity contribution in [2.45, 2.75) is 6.92 Å². The summed E-state index contributed by atoms with van der Waals surface area (Å²) in [6.45, 7) is 1.44. The molecule has 2 aromatic heterocycles. The third-order valence-corrected chi connectivity index (χ3v) is 5.66. The van der Waals surface area contributed by atoms with E-state index < -0.39 is 17.3 Å². The predicted octanol–water partition coefficient (Wildman–Crippen LogP) is 3.39. The number of nitrogens with one attached hydrogen (secondary N) is 2. The molecule has 5 rings (SSSR count). The molecule has 0 unspecified atom stereocenters. The summed E-state index contributed by atoms with van der Waals surface area (Å²) in [5.41, 5.74) is 0.662. The Kier molecular flexibility index (Phi) is 5.72. The number of anilines is 2. The van der Waals surface area contributed by atoms with Crippen LogP contribution in [0.5, 0.6) is 17.2 Å². The Bertz CT molecular complexity index is 1560. The largest absolute Gasteiger partial charge is 0.476 e. The van der Waals surface area contributed by atoms with Gasteiger partial charge in [-0.1, -0.05) is 18.2 Å². The summed E-state index contributed by atoms with van der Waals surface area (Å²) in [6.07, 6.45) is 1.39. The van der Waals surface area contributed by atoms with Gasteiger partial charge in [-0.25, -0.2) is 14.1 Å². The first-order valence-electron chi connectivity index (χ1n) is 10.9. The van der Waals surface area contributed by atoms with Gasteiger partial charge in [-0.2, -0.15) is 0 Å². The first-order chi connectivity index (χ1) is 17.3. The van der Waals surface area contributed by atoms with Crippen molar-refractivity contribution in [3.8, 4) is 22.9 Å². The van der Waals surface area contributed by atoms with Gasteiger partial charge in [0.05, 0.1) is 11.4 Å². The smallest absolute Gasteiger partial charge is 0.284 e. The number of nitrogens with zero attached hydrogens (tertiary/aromatic N) is 3. The summed E-state index contributed by atoms with van der Waals surface area (Å²) in [7, 11) is 1.68. The van der Waals surface area contributed by atoms with Gasteiger partial charge < -0.3 is 20.1 Å². The summed E-state index contributed by atoms with van der Waals surface area (Å²) in [4.78, 5) is 41.5. The maximum atomic E-state index is 14.9. The van der Waals surface area contributed by atoms with E-state index in [1.54, 1.807) is 42.9 Å². The molecule has 2 N–H and O–H groups in total. The fourth-order valence-corrected chi connectivity index (χ4v) is 3.85. The van der Waals surface area contributed by atoms with E-state index in [-0.39, 0.29) is 46.8 Å². The molecule has 3 heterocycles. The quantitative estimate of drug-likeness (QED) is 0.444. The molecule has 4 aromatic rings. The van der Waals surface area contributed by atoms with Gasteiger partial charge in [-0.05, 0) is 31.2 Å². The van der Waals surface area contributed by atoms with E-state index in [0.717, 1.165) is 6.07 Å². The highest BCUT2D eigenvalue weighted by Gasteiger charge is 2.24. The number of para-hydroxylation sites is 1. The van der Waals surface area contributed by atoms with Crippen LogP contribution in [0.1, 0.15) is 16.1 Å². The second-order valence-electron chi connectivity index (χ2n) is 7.96. The minimum absolute atomic E-state index is 0.0512. The van der Waals surface area contributed by atoms with Crippen LogP contribution in [0.15, 0.2) is 65.6 Å². The number of pyridine rings is 1. The molecule has 0 bridgehead atoms. The average Bonchev–Trinajstić information content (AvgIpc) is 3.09. The van der Waals surface area contributed by atoms with Crippen LogP contribution in [0.25, 0.3) is 5.69 Å². The molecule has 1 aliphatic heterocycles. The Morgan fingerprint density at radius 1 is 1.14 bits per heavy atom. The molecule has 36 heavy (non-hydrogen) atoms. The summed E-state index contributed by atoms with van der Waals surface area (Å²) < 4.78 is 28.8. The normalized spacial score (nSPS) is 12.4. The molecule has 0 radical (unpaired) electrons. The molecule has 11 heteroatoms. The lowest BCUT2D eigenvalue weighted by molar-refractivity contribution is -0.118. The molecule has 1 aliphatic rings. The molecule has 2 aromatic carbocycles. The van der Waals surface area contributed by atoms with Gasteiger partial charge in [-0.15, -0.1) is 0 Å². The van der Waals surface area contributed by atoms with Gasteiger partial charge in [0.1, 0.15) is 5.56 Å². The fraction of sp³-hybridized carbons (Fsp3) is 0.120. The number of carbonyl (C=O) groups excluding carboxylic acids is 2. The number of fused-ring (bicyclic) bond motifs is 1. The van der Waals surface area contributed by atoms with E-state index in [0.29, 0.717) is 11.4 Å². The summed E-state index contributed by atoms with van der Waals surface area (Å²) in [5.74, 6) is -1.40. The van der Waals surface area contributed by atoms with Crippen molar-refractivity contribution < 1.29 is 23.5 Å². The van der Waals surface area contributed by atoms with Crippen molar-refractivity contribution in [2.75, 3.05) is 17.2 Å². The molecule has 0 atom stereocenters. The molecular formula is C25H20FN5O5. The Balaban J connectivity index is 1.38. The third-order valence-electron chi connectivity index (χ3n) is 5.66. The van der Waals surface area contributed by atoms with E-state index in [4.69, 9.17) is 9.47 Å². The van der Waals surface area contributed by atoms with E-state index >= 15 is 0 Å². The zero-order valence-electron chi connectivity index (χ0n) is 19.2. The first kappa shape index (κ1) is 22.8. The lowest BCUT2D eigenvalue weighted by Gasteiger charge is -2.19. The summed E-state index contributed by atoms with van der Waals surface area (Å²) in [5, 5.41) is 5.12.